The molecule has 3 aromatic rings. The highest BCUT2D eigenvalue weighted by Gasteiger charge is 2.11. The molecule has 0 spiro atoms. The molecule has 0 aliphatic carbocycles. The second-order valence-corrected chi connectivity index (χ2v) is 7.17. The van der Waals surface area contributed by atoms with Gasteiger partial charge in [0.25, 0.3) is 0 Å². The average Bonchev–Trinajstić information content (AvgIpc) is 2.68. The molecule has 0 fully saturated rings. The number of rotatable bonds is 7. The lowest BCUT2D eigenvalue weighted by Crippen LogP contribution is -2.03. The minimum atomic E-state index is -0.456. The summed E-state index contributed by atoms with van der Waals surface area (Å²) in [6, 6.07) is 16.1. The summed E-state index contributed by atoms with van der Waals surface area (Å²) in [4.78, 5) is 0. The van der Waals surface area contributed by atoms with Gasteiger partial charge in [0.1, 0.15) is 12.4 Å². The molecule has 0 amide bonds. The number of methoxy groups -OCH3 is 1. The largest absolute Gasteiger partial charge is 0.493 e. The van der Waals surface area contributed by atoms with E-state index in [0.29, 0.717) is 35.4 Å². The number of hydrogen-bond acceptors (Lipinski definition) is 3. The van der Waals surface area contributed by atoms with Crippen LogP contribution in [0.25, 0.3) is 0 Å². The van der Waals surface area contributed by atoms with E-state index in [-0.39, 0.29) is 5.02 Å². The third-order valence-corrected chi connectivity index (χ3v) is 4.85. The van der Waals surface area contributed by atoms with Crippen LogP contribution in [-0.2, 0) is 13.2 Å². The number of halogens is 3. The lowest BCUT2D eigenvalue weighted by molar-refractivity contribution is 0.284. The van der Waals surface area contributed by atoms with Crippen molar-refractivity contribution in [2.45, 2.75) is 20.1 Å². The van der Waals surface area contributed by atoms with Crippen molar-refractivity contribution in [3.05, 3.63) is 87.2 Å². The summed E-state index contributed by atoms with van der Waals surface area (Å²) in [7, 11) is 1.58. The van der Waals surface area contributed by atoms with Crippen molar-refractivity contribution in [2.75, 3.05) is 12.4 Å². The zero-order valence-corrected chi connectivity index (χ0v) is 17.1. The summed E-state index contributed by atoms with van der Waals surface area (Å²) in [5.41, 5.74) is 3.76. The fourth-order valence-corrected chi connectivity index (χ4v) is 3.15. The molecule has 0 atom stereocenters. The van der Waals surface area contributed by atoms with Crippen LogP contribution in [-0.4, -0.2) is 7.11 Å². The third kappa shape index (κ3) is 5.09. The van der Waals surface area contributed by atoms with E-state index in [1.54, 1.807) is 19.2 Å². The summed E-state index contributed by atoms with van der Waals surface area (Å²) in [6.45, 7) is 2.88. The van der Waals surface area contributed by atoms with Gasteiger partial charge in [-0.25, -0.2) is 4.39 Å². The molecule has 6 heteroatoms. The van der Waals surface area contributed by atoms with E-state index in [2.05, 4.69) is 11.4 Å². The molecular weight excluding hydrogens is 400 g/mol. The van der Waals surface area contributed by atoms with Gasteiger partial charge in [-0.1, -0.05) is 53.0 Å². The van der Waals surface area contributed by atoms with Crippen molar-refractivity contribution in [2.24, 2.45) is 0 Å². The lowest BCUT2D eigenvalue weighted by Gasteiger charge is -2.15. The third-order valence-electron chi connectivity index (χ3n) is 4.21. The summed E-state index contributed by atoms with van der Waals surface area (Å²) >= 11 is 12.2. The molecule has 0 radical (unpaired) electrons. The SMILES string of the molecule is COc1cc(CNc2ccc(F)c(Cl)c2)c(Cl)cc1OCc1cccc(C)c1. The molecule has 0 bridgehead atoms. The summed E-state index contributed by atoms with van der Waals surface area (Å²) < 4.78 is 24.6. The molecular formula is C22H20Cl2FNO2. The summed E-state index contributed by atoms with van der Waals surface area (Å²) in [5, 5.41) is 3.78. The molecule has 0 aliphatic rings. The van der Waals surface area contributed by atoms with Gasteiger partial charge in [0, 0.05) is 23.3 Å². The van der Waals surface area contributed by atoms with Crippen LogP contribution in [0.3, 0.4) is 0 Å². The minimum absolute atomic E-state index is 0.0635. The zero-order chi connectivity index (χ0) is 20.1. The van der Waals surface area contributed by atoms with E-state index in [1.807, 2.05) is 31.2 Å². The summed E-state index contributed by atoms with van der Waals surface area (Å²) in [5.74, 6) is 0.704. The average molecular weight is 420 g/mol. The van der Waals surface area contributed by atoms with Gasteiger partial charge in [-0.05, 0) is 42.3 Å². The van der Waals surface area contributed by atoms with Crippen LogP contribution >= 0.6 is 23.2 Å². The standard InChI is InChI=1S/C22H20Cl2FNO2/c1-14-4-3-5-15(8-14)13-28-22-11-18(23)16(9-21(22)27-2)12-26-17-6-7-20(25)19(24)10-17/h3-11,26H,12-13H2,1-2H3. The van der Waals surface area contributed by atoms with Crippen molar-refractivity contribution in [3.63, 3.8) is 0 Å². The maximum atomic E-state index is 13.3. The molecule has 28 heavy (non-hydrogen) atoms. The quantitative estimate of drug-likeness (QED) is 0.465. The molecule has 0 aromatic heterocycles. The number of hydrogen-bond donors (Lipinski definition) is 1. The Morgan fingerprint density at radius 3 is 2.50 bits per heavy atom. The number of ether oxygens (including phenoxy) is 2. The predicted molar refractivity (Wildman–Crippen MR) is 112 cm³/mol. The highest BCUT2D eigenvalue weighted by molar-refractivity contribution is 6.31. The first-order chi connectivity index (χ1) is 13.5. The van der Waals surface area contributed by atoms with Gasteiger partial charge < -0.3 is 14.8 Å². The second-order valence-electron chi connectivity index (χ2n) is 6.35. The van der Waals surface area contributed by atoms with E-state index >= 15 is 0 Å². The van der Waals surface area contributed by atoms with Crippen molar-refractivity contribution in [3.8, 4) is 11.5 Å². The van der Waals surface area contributed by atoms with Crippen LogP contribution in [0.4, 0.5) is 10.1 Å². The van der Waals surface area contributed by atoms with Crippen LogP contribution < -0.4 is 14.8 Å². The molecule has 0 aliphatic heterocycles. The molecule has 3 nitrogen and oxygen atoms in total. The molecule has 3 rings (SSSR count). The number of nitrogens with one attached hydrogen (secondary N) is 1. The first-order valence-corrected chi connectivity index (χ1v) is 9.45. The van der Waals surface area contributed by atoms with Crippen LogP contribution in [0, 0.1) is 12.7 Å². The summed E-state index contributed by atoms with van der Waals surface area (Å²) in [6.07, 6.45) is 0. The number of anilines is 1. The molecule has 0 heterocycles. The second kappa shape index (κ2) is 9.18. The number of benzene rings is 3. The van der Waals surface area contributed by atoms with Gasteiger partial charge in [-0.3, -0.25) is 0 Å². The van der Waals surface area contributed by atoms with Crippen LogP contribution in [0.15, 0.2) is 54.6 Å². The molecule has 1 N–H and O–H groups in total. The Balaban J connectivity index is 1.72. The Kier molecular flexibility index (Phi) is 6.65. The molecule has 3 aromatic carbocycles. The Bertz CT molecular complexity index is 979. The topological polar surface area (TPSA) is 30.5 Å². The predicted octanol–water partition coefficient (Wildman–Crippen LogP) is 6.64. The van der Waals surface area contributed by atoms with Crippen molar-refractivity contribution >= 4 is 28.9 Å². The van der Waals surface area contributed by atoms with E-state index in [4.69, 9.17) is 32.7 Å². The highest BCUT2D eigenvalue weighted by Crippen LogP contribution is 2.34. The Morgan fingerprint density at radius 1 is 0.964 bits per heavy atom. The first kappa shape index (κ1) is 20.3. The van der Waals surface area contributed by atoms with Crippen LogP contribution in [0.2, 0.25) is 10.0 Å². The maximum absolute atomic E-state index is 13.3. The monoisotopic (exact) mass is 419 g/mol. The fourth-order valence-electron chi connectivity index (χ4n) is 2.75. The van der Waals surface area contributed by atoms with Crippen LogP contribution in [0.1, 0.15) is 16.7 Å². The van der Waals surface area contributed by atoms with Crippen molar-refractivity contribution in [1.29, 1.82) is 0 Å². The molecule has 0 unspecified atom stereocenters. The molecule has 146 valence electrons. The van der Waals surface area contributed by atoms with E-state index < -0.39 is 5.82 Å². The van der Waals surface area contributed by atoms with Gasteiger partial charge >= 0.3 is 0 Å². The van der Waals surface area contributed by atoms with E-state index in [9.17, 15) is 4.39 Å². The fraction of sp³-hybridized carbons (Fsp3) is 0.182. The number of aryl methyl sites for hydroxylation is 1. The minimum Gasteiger partial charge on any atom is -0.493 e. The van der Waals surface area contributed by atoms with Gasteiger partial charge in [0.15, 0.2) is 11.5 Å². The lowest BCUT2D eigenvalue weighted by atomic mass is 10.1. The van der Waals surface area contributed by atoms with Crippen LogP contribution in [0.5, 0.6) is 11.5 Å². The first-order valence-electron chi connectivity index (χ1n) is 8.70. The van der Waals surface area contributed by atoms with E-state index in [0.717, 1.165) is 11.1 Å². The van der Waals surface area contributed by atoms with Gasteiger partial charge in [-0.2, -0.15) is 0 Å². The normalized spacial score (nSPS) is 10.6. The maximum Gasteiger partial charge on any atom is 0.163 e. The van der Waals surface area contributed by atoms with Gasteiger partial charge in [0.2, 0.25) is 0 Å². The smallest absolute Gasteiger partial charge is 0.163 e. The van der Waals surface area contributed by atoms with Gasteiger partial charge in [0.05, 0.1) is 12.1 Å². The highest BCUT2D eigenvalue weighted by atomic mass is 35.5. The zero-order valence-electron chi connectivity index (χ0n) is 15.6. The molecule has 0 saturated carbocycles. The van der Waals surface area contributed by atoms with Crippen molar-refractivity contribution in [1.82, 2.24) is 0 Å². The van der Waals surface area contributed by atoms with E-state index in [1.165, 1.54) is 17.7 Å². The molecule has 0 saturated heterocycles. The Labute approximate surface area is 174 Å². The van der Waals surface area contributed by atoms with Crippen molar-refractivity contribution < 1.29 is 13.9 Å². The van der Waals surface area contributed by atoms with Gasteiger partial charge in [-0.15, -0.1) is 0 Å². The Hall–Kier alpha value is -2.43. The Morgan fingerprint density at radius 2 is 1.79 bits per heavy atom.